The van der Waals surface area contributed by atoms with Crippen molar-refractivity contribution in [1.82, 2.24) is 9.88 Å². The van der Waals surface area contributed by atoms with Crippen LogP contribution in [0.4, 0.5) is 0 Å². The van der Waals surface area contributed by atoms with Crippen LogP contribution in [-0.4, -0.2) is 29.0 Å². The van der Waals surface area contributed by atoms with Gasteiger partial charge in [-0.05, 0) is 48.8 Å². The highest BCUT2D eigenvalue weighted by atomic mass is 15.1. The van der Waals surface area contributed by atoms with Crippen molar-refractivity contribution in [3.8, 4) is 0 Å². The maximum absolute atomic E-state index is 6.28. The molecule has 1 fully saturated rings. The summed E-state index contributed by atoms with van der Waals surface area (Å²) in [5, 5.41) is 0. The van der Waals surface area contributed by atoms with Crippen molar-refractivity contribution in [1.29, 1.82) is 0 Å². The molecule has 1 saturated carbocycles. The minimum absolute atomic E-state index is 0.315. The summed E-state index contributed by atoms with van der Waals surface area (Å²) in [7, 11) is 0. The lowest BCUT2D eigenvalue weighted by Gasteiger charge is -2.48. The minimum atomic E-state index is 0.315. The molecule has 3 heteroatoms. The number of nitrogens with zero attached hydrogens (tertiary/aromatic N) is 2. The summed E-state index contributed by atoms with van der Waals surface area (Å²) < 4.78 is 0. The average molecular weight is 289 g/mol. The Morgan fingerprint density at radius 1 is 1.33 bits per heavy atom. The van der Waals surface area contributed by atoms with Crippen molar-refractivity contribution in [2.24, 2.45) is 23.0 Å². The van der Waals surface area contributed by atoms with Gasteiger partial charge in [0.25, 0.3) is 0 Å². The Hall–Kier alpha value is -0.930. The Labute approximate surface area is 129 Å². The molecule has 1 aromatic heterocycles. The Kier molecular flexibility index (Phi) is 5.39. The zero-order valence-corrected chi connectivity index (χ0v) is 14.0. The molecule has 2 N–H and O–H groups in total. The first-order valence-corrected chi connectivity index (χ1v) is 8.33. The molecule has 3 atom stereocenters. The smallest absolute Gasteiger partial charge is 0.0543 e. The number of hydrogen-bond donors (Lipinski definition) is 1. The van der Waals surface area contributed by atoms with Crippen LogP contribution in [0.15, 0.2) is 24.4 Å². The van der Waals surface area contributed by atoms with Crippen LogP contribution in [0.3, 0.4) is 0 Å². The fourth-order valence-corrected chi connectivity index (χ4v) is 3.60. The van der Waals surface area contributed by atoms with Gasteiger partial charge in [0.15, 0.2) is 0 Å². The summed E-state index contributed by atoms with van der Waals surface area (Å²) in [6.45, 7) is 12.5. The van der Waals surface area contributed by atoms with E-state index in [9.17, 15) is 0 Å². The molecule has 2 rings (SSSR count). The minimum Gasteiger partial charge on any atom is -0.327 e. The standard InChI is InChI=1S/C18H31N3/c1-5-21(13-16-8-6-7-11-20-16)12-15-9-10-17(19)14(2)18(15,3)4/h6-8,11,14-15,17H,5,9-10,12-13,19H2,1-4H3. The van der Waals surface area contributed by atoms with Crippen LogP contribution in [-0.2, 0) is 6.54 Å². The number of pyridine rings is 1. The molecule has 0 aromatic carbocycles. The fourth-order valence-electron chi connectivity index (χ4n) is 3.60. The van der Waals surface area contributed by atoms with Crippen molar-refractivity contribution in [3.63, 3.8) is 0 Å². The van der Waals surface area contributed by atoms with Crippen molar-refractivity contribution in [3.05, 3.63) is 30.1 Å². The van der Waals surface area contributed by atoms with Gasteiger partial charge in [-0.1, -0.05) is 33.8 Å². The van der Waals surface area contributed by atoms with Gasteiger partial charge in [0.05, 0.1) is 5.69 Å². The van der Waals surface area contributed by atoms with E-state index in [-0.39, 0.29) is 0 Å². The Morgan fingerprint density at radius 2 is 2.10 bits per heavy atom. The predicted molar refractivity (Wildman–Crippen MR) is 88.8 cm³/mol. The first kappa shape index (κ1) is 16.4. The number of aromatic nitrogens is 1. The van der Waals surface area contributed by atoms with Crippen molar-refractivity contribution < 1.29 is 0 Å². The molecule has 1 aromatic rings. The molecule has 3 unspecified atom stereocenters. The van der Waals surface area contributed by atoms with Crippen LogP contribution in [0.1, 0.15) is 46.2 Å². The Bertz CT molecular complexity index is 429. The second-order valence-electron chi connectivity index (χ2n) is 7.20. The van der Waals surface area contributed by atoms with Crippen LogP contribution in [0.2, 0.25) is 0 Å². The highest BCUT2D eigenvalue weighted by Crippen LogP contribution is 2.44. The van der Waals surface area contributed by atoms with E-state index in [0.29, 0.717) is 17.4 Å². The summed E-state index contributed by atoms with van der Waals surface area (Å²) in [5.74, 6) is 1.31. The van der Waals surface area contributed by atoms with Gasteiger partial charge in [0.2, 0.25) is 0 Å². The monoisotopic (exact) mass is 289 g/mol. The lowest BCUT2D eigenvalue weighted by atomic mass is 9.61. The molecule has 21 heavy (non-hydrogen) atoms. The molecule has 3 nitrogen and oxygen atoms in total. The van der Waals surface area contributed by atoms with E-state index >= 15 is 0 Å². The summed E-state index contributed by atoms with van der Waals surface area (Å²) in [5.41, 5.74) is 7.76. The van der Waals surface area contributed by atoms with E-state index < -0.39 is 0 Å². The largest absolute Gasteiger partial charge is 0.327 e. The number of hydrogen-bond acceptors (Lipinski definition) is 3. The summed E-state index contributed by atoms with van der Waals surface area (Å²) in [4.78, 5) is 6.99. The molecule has 0 spiro atoms. The van der Waals surface area contributed by atoms with Gasteiger partial charge in [0.1, 0.15) is 0 Å². The normalized spacial score (nSPS) is 28.8. The molecule has 0 saturated heterocycles. The Balaban J connectivity index is 2.01. The first-order chi connectivity index (χ1) is 9.95. The summed E-state index contributed by atoms with van der Waals surface area (Å²) >= 11 is 0. The van der Waals surface area contributed by atoms with E-state index in [4.69, 9.17) is 5.73 Å². The molecule has 1 heterocycles. The van der Waals surface area contributed by atoms with Crippen molar-refractivity contribution in [2.45, 2.75) is 53.1 Å². The topological polar surface area (TPSA) is 42.2 Å². The van der Waals surface area contributed by atoms with E-state index in [1.165, 1.54) is 6.42 Å². The summed E-state index contributed by atoms with van der Waals surface area (Å²) in [6, 6.07) is 6.53. The zero-order valence-electron chi connectivity index (χ0n) is 14.0. The highest BCUT2D eigenvalue weighted by molar-refractivity contribution is 5.03. The van der Waals surface area contributed by atoms with Crippen molar-refractivity contribution >= 4 is 0 Å². The fraction of sp³-hybridized carbons (Fsp3) is 0.722. The van der Waals surface area contributed by atoms with Crippen LogP contribution in [0.5, 0.6) is 0 Å². The molecule has 1 aliphatic rings. The van der Waals surface area contributed by atoms with Crippen LogP contribution < -0.4 is 5.73 Å². The quantitative estimate of drug-likeness (QED) is 0.904. The SMILES string of the molecule is CCN(Cc1ccccn1)CC1CCC(N)C(C)C1(C)C. The molecule has 118 valence electrons. The molecule has 0 radical (unpaired) electrons. The van der Waals surface area contributed by atoms with Crippen LogP contribution in [0.25, 0.3) is 0 Å². The van der Waals surface area contributed by atoms with Crippen LogP contribution in [0, 0.1) is 17.3 Å². The van der Waals surface area contributed by atoms with Crippen molar-refractivity contribution in [2.75, 3.05) is 13.1 Å². The molecule has 1 aliphatic carbocycles. The first-order valence-electron chi connectivity index (χ1n) is 8.33. The molecular formula is C18H31N3. The van der Waals surface area contributed by atoms with Gasteiger partial charge in [0, 0.05) is 25.3 Å². The van der Waals surface area contributed by atoms with E-state index in [0.717, 1.165) is 37.7 Å². The number of rotatable bonds is 5. The second-order valence-corrected chi connectivity index (χ2v) is 7.20. The predicted octanol–water partition coefficient (Wildman–Crippen LogP) is 3.30. The molecular weight excluding hydrogens is 258 g/mol. The van der Waals surface area contributed by atoms with E-state index in [1.807, 2.05) is 12.3 Å². The van der Waals surface area contributed by atoms with Gasteiger partial charge < -0.3 is 5.73 Å². The van der Waals surface area contributed by atoms with Gasteiger partial charge in [-0.25, -0.2) is 0 Å². The molecule has 0 amide bonds. The lowest BCUT2D eigenvalue weighted by molar-refractivity contribution is 0.0277. The van der Waals surface area contributed by atoms with Gasteiger partial charge in [-0.3, -0.25) is 9.88 Å². The lowest BCUT2D eigenvalue weighted by Crippen LogP contribution is -2.49. The average Bonchev–Trinajstić information content (AvgIpc) is 2.48. The van der Waals surface area contributed by atoms with Gasteiger partial charge in [-0.2, -0.15) is 0 Å². The van der Waals surface area contributed by atoms with Crippen LogP contribution >= 0.6 is 0 Å². The molecule has 0 bridgehead atoms. The third-order valence-corrected chi connectivity index (χ3v) is 5.75. The number of nitrogens with two attached hydrogens (primary N) is 1. The molecule has 0 aliphatic heterocycles. The Morgan fingerprint density at radius 3 is 2.71 bits per heavy atom. The van der Waals surface area contributed by atoms with Gasteiger partial charge >= 0.3 is 0 Å². The maximum Gasteiger partial charge on any atom is 0.0543 e. The highest BCUT2D eigenvalue weighted by Gasteiger charge is 2.41. The zero-order chi connectivity index (χ0) is 15.5. The second kappa shape index (κ2) is 6.89. The summed E-state index contributed by atoms with van der Waals surface area (Å²) in [6.07, 6.45) is 4.29. The van der Waals surface area contributed by atoms with E-state index in [2.05, 4.69) is 49.7 Å². The van der Waals surface area contributed by atoms with Gasteiger partial charge in [-0.15, -0.1) is 0 Å². The van der Waals surface area contributed by atoms with E-state index in [1.54, 1.807) is 0 Å². The third-order valence-electron chi connectivity index (χ3n) is 5.75. The third kappa shape index (κ3) is 3.83. The maximum atomic E-state index is 6.28.